The van der Waals surface area contributed by atoms with E-state index in [-0.39, 0.29) is 17.6 Å². The number of methoxy groups -OCH3 is 1. The van der Waals surface area contributed by atoms with E-state index < -0.39 is 0 Å². The number of pyridine rings is 1. The molecular weight excluding hydrogens is 292 g/mol. The highest BCUT2D eigenvalue weighted by Gasteiger charge is 2.34. The Morgan fingerprint density at radius 3 is 2.83 bits per heavy atom. The molecule has 1 fully saturated rings. The molecule has 1 saturated heterocycles. The summed E-state index contributed by atoms with van der Waals surface area (Å²) in [7, 11) is 1.57. The van der Waals surface area contributed by atoms with Crippen LogP contribution in [0, 0.1) is 0 Å². The minimum Gasteiger partial charge on any atom is -0.481 e. The van der Waals surface area contributed by atoms with Gasteiger partial charge in [0, 0.05) is 18.5 Å². The third kappa shape index (κ3) is 3.15. The van der Waals surface area contributed by atoms with Gasteiger partial charge in [0.05, 0.1) is 18.8 Å². The van der Waals surface area contributed by atoms with Crippen molar-refractivity contribution in [1.29, 1.82) is 0 Å². The fraction of sp³-hybridized carbons (Fsp3) is 0.444. The number of aromatic nitrogens is 1. The molecule has 1 amide bonds. The van der Waals surface area contributed by atoms with Crippen molar-refractivity contribution in [3.63, 3.8) is 0 Å². The number of amides is 1. The van der Waals surface area contributed by atoms with Crippen molar-refractivity contribution in [2.24, 2.45) is 0 Å². The van der Waals surface area contributed by atoms with Crippen LogP contribution in [0.15, 0.2) is 30.3 Å². The fourth-order valence-corrected chi connectivity index (χ4v) is 3.20. The standard InChI is InChI=1S/C18H22N2O3/c1-12-10-20(11-18(2,3)23-12)17(21)15-9-13-7-5-6-8-14(13)16(19-15)22-4/h5-9,12H,10-11H2,1-4H3. The molecule has 122 valence electrons. The maximum absolute atomic E-state index is 12.9. The normalized spacial score (nSPS) is 20.5. The second kappa shape index (κ2) is 5.81. The molecule has 0 spiro atoms. The van der Waals surface area contributed by atoms with Gasteiger partial charge in [0.1, 0.15) is 5.69 Å². The van der Waals surface area contributed by atoms with Gasteiger partial charge in [-0.05, 0) is 38.3 Å². The van der Waals surface area contributed by atoms with Gasteiger partial charge in [-0.1, -0.05) is 18.2 Å². The number of hydrogen-bond acceptors (Lipinski definition) is 4. The van der Waals surface area contributed by atoms with Crippen LogP contribution in [-0.4, -0.2) is 47.7 Å². The Morgan fingerprint density at radius 1 is 1.39 bits per heavy atom. The van der Waals surface area contributed by atoms with E-state index >= 15 is 0 Å². The van der Waals surface area contributed by atoms with Crippen LogP contribution in [0.2, 0.25) is 0 Å². The van der Waals surface area contributed by atoms with Gasteiger partial charge >= 0.3 is 0 Å². The lowest BCUT2D eigenvalue weighted by atomic mass is 10.0. The third-order valence-corrected chi connectivity index (χ3v) is 3.97. The number of hydrogen-bond donors (Lipinski definition) is 0. The first kappa shape index (κ1) is 15.7. The van der Waals surface area contributed by atoms with Gasteiger partial charge in [-0.3, -0.25) is 4.79 Å². The van der Waals surface area contributed by atoms with Crippen LogP contribution in [0.1, 0.15) is 31.3 Å². The topological polar surface area (TPSA) is 51.7 Å². The molecule has 0 N–H and O–H groups in total. The zero-order valence-corrected chi connectivity index (χ0v) is 14.0. The number of rotatable bonds is 2. The summed E-state index contributed by atoms with van der Waals surface area (Å²) in [5.74, 6) is 0.393. The summed E-state index contributed by atoms with van der Waals surface area (Å²) < 4.78 is 11.2. The van der Waals surface area contributed by atoms with Crippen molar-refractivity contribution in [2.75, 3.05) is 20.2 Å². The predicted octanol–water partition coefficient (Wildman–Crippen LogP) is 2.88. The highest BCUT2D eigenvalue weighted by molar-refractivity contribution is 5.98. The zero-order chi connectivity index (χ0) is 16.6. The fourth-order valence-electron chi connectivity index (χ4n) is 3.20. The first-order valence-electron chi connectivity index (χ1n) is 7.80. The van der Waals surface area contributed by atoms with Crippen molar-refractivity contribution in [3.8, 4) is 5.88 Å². The zero-order valence-electron chi connectivity index (χ0n) is 14.0. The number of carbonyl (C=O) groups excluding carboxylic acids is 1. The maximum atomic E-state index is 12.9. The Labute approximate surface area is 136 Å². The maximum Gasteiger partial charge on any atom is 0.272 e. The Hall–Kier alpha value is -2.14. The summed E-state index contributed by atoms with van der Waals surface area (Å²) in [5.41, 5.74) is 0.0549. The van der Waals surface area contributed by atoms with E-state index in [2.05, 4.69) is 4.98 Å². The van der Waals surface area contributed by atoms with Gasteiger partial charge in [0.15, 0.2) is 0 Å². The molecule has 5 nitrogen and oxygen atoms in total. The summed E-state index contributed by atoms with van der Waals surface area (Å²) in [6, 6.07) is 9.60. The van der Waals surface area contributed by atoms with Gasteiger partial charge < -0.3 is 14.4 Å². The van der Waals surface area contributed by atoms with Crippen LogP contribution < -0.4 is 4.74 Å². The lowest BCUT2D eigenvalue weighted by Crippen LogP contribution is -2.53. The number of nitrogens with zero attached hydrogens (tertiary/aromatic N) is 2. The van der Waals surface area contributed by atoms with Crippen LogP contribution in [0.4, 0.5) is 0 Å². The van der Waals surface area contributed by atoms with Crippen molar-refractivity contribution in [2.45, 2.75) is 32.5 Å². The summed E-state index contributed by atoms with van der Waals surface area (Å²) in [6.07, 6.45) is 0.00468. The van der Waals surface area contributed by atoms with Crippen LogP contribution in [0.5, 0.6) is 5.88 Å². The van der Waals surface area contributed by atoms with Gasteiger partial charge in [-0.15, -0.1) is 0 Å². The molecule has 5 heteroatoms. The molecule has 0 bridgehead atoms. The molecule has 1 aromatic carbocycles. The quantitative estimate of drug-likeness (QED) is 0.855. The molecule has 0 aliphatic carbocycles. The molecule has 23 heavy (non-hydrogen) atoms. The average molecular weight is 314 g/mol. The number of carbonyl (C=O) groups is 1. The van der Waals surface area contributed by atoms with E-state index in [9.17, 15) is 4.79 Å². The number of fused-ring (bicyclic) bond motifs is 1. The van der Waals surface area contributed by atoms with Crippen molar-refractivity contribution in [3.05, 3.63) is 36.0 Å². The van der Waals surface area contributed by atoms with Crippen LogP contribution in [0.3, 0.4) is 0 Å². The minimum absolute atomic E-state index is 0.00468. The minimum atomic E-state index is -0.353. The SMILES string of the molecule is COc1nc(C(=O)N2CC(C)OC(C)(C)C2)cc2ccccc12. The first-order chi connectivity index (χ1) is 10.9. The number of ether oxygens (including phenoxy) is 2. The Bertz CT molecular complexity index is 742. The molecule has 1 aliphatic rings. The van der Waals surface area contributed by atoms with Crippen LogP contribution >= 0.6 is 0 Å². The summed E-state index contributed by atoms with van der Waals surface area (Å²) in [6.45, 7) is 7.09. The molecule has 1 aliphatic heterocycles. The van der Waals surface area contributed by atoms with E-state index in [1.165, 1.54) is 0 Å². The van der Waals surface area contributed by atoms with Gasteiger partial charge in [0.25, 0.3) is 5.91 Å². The van der Waals surface area contributed by atoms with E-state index in [1.54, 1.807) is 7.11 Å². The van der Waals surface area contributed by atoms with Crippen LogP contribution in [-0.2, 0) is 4.74 Å². The van der Waals surface area contributed by atoms with E-state index in [0.29, 0.717) is 24.7 Å². The molecular formula is C18H22N2O3. The molecule has 2 heterocycles. The third-order valence-electron chi connectivity index (χ3n) is 3.97. The average Bonchev–Trinajstić information content (AvgIpc) is 2.51. The molecule has 3 rings (SSSR count). The molecule has 2 aromatic rings. The van der Waals surface area contributed by atoms with Gasteiger partial charge in [0.2, 0.25) is 5.88 Å². The van der Waals surface area contributed by atoms with E-state index in [0.717, 1.165) is 10.8 Å². The molecule has 0 saturated carbocycles. The summed E-state index contributed by atoms with van der Waals surface area (Å²) in [5, 5.41) is 1.85. The molecule has 0 radical (unpaired) electrons. The Kier molecular flexibility index (Phi) is 3.98. The summed E-state index contributed by atoms with van der Waals surface area (Å²) >= 11 is 0. The summed E-state index contributed by atoms with van der Waals surface area (Å²) in [4.78, 5) is 19.1. The lowest BCUT2D eigenvalue weighted by Gasteiger charge is -2.41. The lowest BCUT2D eigenvalue weighted by molar-refractivity contribution is -0.118. The first-order valence-corrected chi connectivity index (χ1v) is 7.80. The Morgan fingerprint density at radius 2 is 2.13 bits per heavy atom. The second-order valence-electron chi connectivity index (χ2n) is 6.61. The van der Waals surface area contributed by atoms with Gasteiger partial charge in [-0.2, -0.15) is 0 Å². The molecule has 1 unspecified atom stereocenters. The molecule has 1 aromatic heterocycles. The highest BCUT2D eigenvalue weighted by Crippen LogP contribution is 2.26. The van der Waals surface area contributed by atoms with Crippen molar-refractivity contribution in [1.82, 2.24) is 9.88 Å². The smallest absolute Gasteiger partial charge is 0.272 e. The second-order valence-corrected chi connectivity index (χ2v) is 6.61. The largest absolute Gasteiger partial charge is 0.481 e. The Balaban J connectivity index is 1.97. The van der Waals surface area contributed by atoms with Gasteiger partial charge in [-0.25, -0.2) is 4.98 Å². The van der Waals surface area contributed by atoms with Crippen molar-refractivity contribution >= 4 is 16.7 Å². The monoisotopic (exact) mass is 314 g/mol. The van der Waals surface area contributed by atoms with E-state index in [1.807, 2.05) is 56.0 Å². The van der Waals surface area contributed by atoms with Crippen molar-refractivity contribution < 1.29 is 14.3 Å². The highest BCUT2D eigenvalue weighted by atomic mass is 16.5. The predicted molar refractivity (Wildman–Crippen MR) is 88.8 cm³/mol. The molecule has 1 atom stereocenters. The van der Waals surface area contributed by atoms with E-state index in [4.69, 9.17) is 9.47 Å². The number of morpholine rings is 1. The van der Waals surface area contributed by atoms with Crippen LogP contribution in [0.25, 0.3) is 10.8 Å². The number of benzene rings is 1.